The van der Waals surface area contributed by atoms with Crippen LogP contribution in [0.5, 0.6) is 0 Å². The largest absolute Gasteiger partial charge is 0.416 e. The van der Waals surface area contributed by atoms with Gasteiger partial charge >= 0.3 is 42.0 Å². The van der Waals surface area contributed by atoms with Crippen molar-refractivity contribution in [2.45, 2.75) is 219 Å². The van der Waals surface area contributed by atoms with Crippen LogP contribution in [0.25, 0.3) is 0 Å². The second-order valence-electron chi connectivity index (χ2n) is 30.6. The molecular formula is C81H134N9O27P5Si. The average molecular weight is 1850 g/mol. The summed E-state index contributed by atoms with van der Waals surface area (Å²) in [5, 5.41) is 12.1. The Hall–Kier alpha value is -5.95. The predicted molar refractivity (Wildman–Crippen MR) is 478 cm³/mol. The first-order chi connectivity index (χ1) is 58.3. The van der Waals surface area contributed by atoms with E-state index in [0.29, 0.717) is 37.4 Å². The number of aromatic amines is 3. The molecule has 0 bridgehead atoms. The fourth-order valence-corrected chi connectivity index (χ4v) is 24.9. The number of aliphatic hydroxyl groups is 1. The van der Waals surface area contributed by atoms with Gasteiger partial charge in [0.2, 0.25) is 0 Å². The SMILES string of the molecule is CC(C)N(C(C)C)P(C)N(C(C)C)C(C)C.COC.COC.COCCO[C@@H]1[C@H](O)[C@@H](/C=C/OP=O)O[C@H]1n1ccc(=O)[nH]c1=O.COCCO[C@@H]1[C@H](OP(C)N(C(C)C)C(C)C)[C@@H](/C=C/P(=O)(OC)OC)O[C@H]1n1ccc(=O)[nH]c1=O.COCCO[C@@H]1[C@H](O[Si](c2ccccc2)(c2ccccc2)C(C)(C)C)[C@@H](/C=C/OP=O)O[C@H]1n1ccc(=O)[nH]c1=O. The molecule has 0 radical (unpaired) electrons. The van der Waals surface area contributed by atoms with E-state index < -0.39 is 149 Å². The molecule has 123 heavy (non-hydrogen) atoms. The first-order valence-corrected chi connectivity index (χ1v) is 48.3. The molecule has 2 aromatic carbocycles. The maximum atomic E-state index is 12.9. The number of hydrogen-bond donors (Lipinski definition) is 4. The maximum Gasteiger partial charge on any atom is 0.395 e. The summed E-state index contributed by atoms with van der Waals surface area (Å²) in [5.74, 6) is 1.30. The van der Waals surface area contributed by atoms with Gasteiger partial charge < -0.3 is 84.3 Å². The van der Waals surface area contributed by atoms with Crippen molar-refractivity contribution >= 4 is 60.2 Å². The van der Waals surface area contributed by atoms with Crippen molar-refractivity contribution in [2.75, 3.05) is 117 Å². The Morgan fingerprint density at radius 3 is 1.13 bits per heavy atom. The second-order valence-corrected chi connectivity index (χ2v) is 41.1. The fraction of sp³-hybridized carbons (Fsp3) is 0.630. The zero-order valence-corrected chi connectivity index (χ0v) is 81.3. The van der Waals surface area contributed by atoms with Crippen LogP contribution in [-0.2, 0) is 92.8 Å². The lowest BCUT2D eigenvalue weighted by Gasteiger charge is -2.45. The highest BCUT2D eigenvalue weighted by Crippen LogP contribution is 2.52. The van der Waals surface area contributed by atoms with Crippen LogP contribution < -0.4 is 44.1 Å². The van der Waals surface area contributed by atoms with Crippen molar-refractivity contribution in [3.05, 3.63) is 197 Å². The molecule has 0 spiro atoms. The smallest absolute Gasteiger partial charge is 0.395 e. The second kappa shape index (κ2) is 57.1. The summed E-state index contributed by atoms with van der Waals surface area (Å²) in [5.41, 5.74) is -3.60. The van der Waals surface area contributed by atoms with Gasteiger partial charge in [0.05, 0.1) is 52.2 Å². The summed E-state index contributed by atoms with van der Waals surface area (Å²) < 4.78 is 139. The highest BCUT2D eigenvalue weighted by Gasteiger charge is 2.57. The van der Waals surface area contributed by atoms with E-state index in [1.807, 2.05) is 43.1 Å². The minimum absolute atomic E-state index is 0.169. The van der Waals surface area contributed by atoms with Crippen molar-refractivity contribution in [3.63, 3.8) is 0 Å². The number of ether oxygens (including phenoxy) is 11. The Balaban J connectivity index is 0.000000434. The number of aliphatic hydroxyl groups excluding tert-OH is 1. The van der Waals surface area contributed by atoms with Gasteiger partial charge in [-0.05, 0) is 130 Å². The van der Waals surface area contributed by atoms with Gasteiger partial charge in [-0.15, -0.1) is 0 Å². The fourth-order valence-electron chi connectivity index (χ4n) is 14.3. The molecule has 0 aliphatic carbocycles. The molecule has 3 fully saturated rings. The first kappa shape index (κ1) is 111. The van der Waals surface area contributed by atoms with Crippen LogP contribution in [0.1, 0.15) is 123 Å². The van der Waals surface area contributed by atoms with E-state index in [-0.39, 0.29) is 51.8 Å². The van der Waals surface area contributed by atoms with Crippen LogP contribution in [0.2, 0.25) is 5.04 Å². The third kappa shape index (κ3) is 33.6. The molecule has 42 heteroatoms. The lowest BCUT2D eigenvalue weighted by molar-refractivity contribution is -0.0783. The van der Waals surface area contributed by atoms with E-state index in [0.717, 1.165) is 27.3 Å². The Kier molecular flexibility index (Phi) is 51.6. The molecule has 8 rings (SSSR count). The van der Waals surface area contributed by atoms with Crippen molar-refractivity contribution < 1.29 is 98.0 Å². The molecule has 3 aliphatic rings. The van der Waals surface area contributed by atoms with Crippen LogP contribution in [0, 0.1) is 0 Å². The van der Waals surface area contributed by atoms with Crippen LogP contribution in [0.4, 0.5) is 0 Å². The molecule has 1 unspecified atom stereocenters. The third-order valence-corrected chi connectivity index (χ3v) is 31.1. The van der Waals surface area contributed by atoms with Gasteiger partial charge in [-0.1, -0.05) is 81.4 Å². The number of rotatable bonds is 40. The molecule has 4 N–H and O–H groups in total. The van der Waals surface area contributed by atoms with E-state index in [2.05, 4.69) is 178 Å². The standard InChI is InChI=1S/C29H35N2O8PSi.C22H39N3O9P2.C13H17N2O8P.C13H31N2P.2C2H6O/c1-29(2,3)41(21-11-7-5-8-12-21,22-13-9-6-10-14-22)39-25-23(16-18-37-40-34)38-27(26(25)36-20-19-35-4)31-17-15-24(32)30-28(31)33;1-15(2)25(16(3)4)35(8)34-19-17(10-14-36(28,30-6)31-7)33-21(20(19)32-13-12-29-5)24-11-9-18(26)23-22(24)27;1-20-6-7-21-11-10(17)8(3-5-22-24-19)23-12(11)15-4-2-9(16)14-13(15)18;1-10(2)14(11(3)4)16(9)15(12(5)6)13(7)8;2*1-3-2/h5-18,23,25-27H,19-20H2,1-4H3,(H,30,32,33);9-11,14-17,19-21H,12-13H2,1-8H3,(H,23,26,27);2-5,8,10-12,17H,6-7H2,1H3,(H,14,16,18);10-13H,1-9H3;2*1-2H3/b18-16+;14-10+;5-3+;;;/t23-,25-,26-,27-;17-,19-,20-,21-,35?;8-,10-,11-,12-;;;/m111.../s1. The molecule has 3 saturated heterocycles. The summed E-state index contributed by atoms with van der Waals surface area (Å²) in [7, 11) is 4.68. The van der Waals surface area contributed by atoms with Crippen LogP contribution in [0.3, 0.4) is 0 Å². The van der Waals surface area contributed by atoms with Gasteiger partial charge in [-0.3, -0.25) is 61.6 Å². The van der Waals surface area contributed by atoms with Crippen LogP contribution in [-0.4, -0.2) is 264 Å². The number of nitrogens with zero attached hydrogens (tertiary/aromatic N) is 6. The first-order valence-electron chi connectivity index (χ1n) is 40.0. The normalized spacial score (nSPS) is 21.5. The highest BCUT2D eigenvalue weighted by atomic mass is 31.2. The third-order valence-electron chi connectivity index (χ3n) is 18.8. The number of methoxy groups -OCH3 is 5. The minimum atomic E-state index is -3.50. The highest BCUT2D eigenvalue weighted by molar-refractivity contribution is 7.57. The summed E-state index contributed by atoms with van der Waals surface area (Å²) in [6.07, 6.45) is 0.565. The van der Waals surface area contributed by atoms with Crippen molar-refractivity contribution in [3.8, 4) is 0 Å². The van der Waals surface area contributed by atoms with Gasteiger partial charge in [0, 0.05) is 151 Å². The molecular weight excluding hydrogens is 1710 g/mol. The van der Waals surface area contributed by atoms with Crippen molar-refractivity contribution in [1.29, 1.82) is 0 Å². The average Bonchev–Trinajstić information content (AvgIpc) is 1.72. The Bertz CT molecular complexity index is 4250. The summed E-state index contributed by atoms with van der Waals surface area (Å²) in [4.78, 5) is 78.8. The lowest BCUT2D eigenvalue weighted by Crippen LogP contribution is -2.69. The number of benzene rings is 2. The predicted octanol–water partition coefficient (Wildman–Crippen LogP) is 10.3. The van der Waals surface area contributed by atoms with Crippen molar-refractivity contribution in [1.82, 2.24) is 42.7 Å². The number of nitrogens with one attached hydrogen (secondary N) is 3. The number of H-pyrrole nitrogens is 3. The van der Waals surface area contributed by atoms with Crippen molar-refractivity contribution in [2.24, 2.45) is 0 Å². The Morgan fingerprint density at radius 2 is 0.805 bits per heavy atom. The number of hydrogen-bond acceptors (Lipinski definition) is 30. The summed E-state index contributed by atoms with van der Waals surface area (Å²) in [6.45, 7) is 39.1. The Morgan fingerprint density at radius 1 is 0.480 bits per heavy atom. The molecule has 0 amide bonds. The maximum absolute atomic E-state index is 12.9. The van der Waals surface area contributed by atoms with E-state index in [1.165, 1.54) is 79.3 Å². The summed E-state index contributed by atoms with van der Waals surface area (Å²) in [6, 6.07) is 26.8. The Labute approximate surface area is 729 Å². The van der Waals surface area contributed by atoms with Gasteiger partial charge in [0.25, 0.3) is 25.0 Å². The van der Waals surface area contributed by atoms with Gasteiger partial charge in [0.1, 0.15) is 63.2 Å². The molecule has 6 heterocycles. The lowest BCUT2D eigenvalue weighted by atomic mass is 10.1. The van der Waals surface area contributed by atoms with E-state index in [4.69, 9.17) is 65.2 Å². The van der Waals surface area contributed by atoms with Crippen LogP contribution in [0.15, 0.2) is 163 Å². The van der Waals surface area contributed by atoms with Gasteiger partial charge in [0.15, 0.2) is 18.7 Å². The molecule has 3 aromatic heterocycles. The van der Waals surface area contributed by atoms with E-state index in [1.54, 1.807) is 54.8 Å². The zero-order valence-electron chi connectivity index (χ0n) is 75.8. The molecule has 36 nitrogen and oxygen atoms in total. The molecule has 694 valence electrons. The minimum Gasteiger partial charge on any atom is -0.416 e. The molecule has 3 aliphatic heterocycles. The molecule has 0 saturated carbocycles. The zero-order chi connectivity index (χ0) is 92.5. The monoisotopic (exact) mass is 1850 g/mol. The van der Waals surface area contributed by atoms with Crippen LogP contribution >= 0.6 is 41.5 Å². The van der Waals surface area contributed by atoms with Gasteiger partial charge in [-0.2, -0.15) is 0 Å². The molecule has 5 aromatic rings. The summed E-state index contributed by atoms with van der Waals surface area (Å²) >= 11 is 0. The number of aromatic nitrogens is 6. The quantitative estimate of drug-likeness (QED) is 0.0122. The topological polar surface area (TPSA) is 403 Å². The van der Waals surface area contributed by atoms with E-state index >= 15 is 0 Å². The van der Waals surface area contributed by atoms with E-state index in [9.17, 15) is 47.6 Å². The van der Waals surface area contributed by atoms with Gasteiger partial charge in [-0.25, -0.2) is 23.5 Å². The molecule has 13 atom stereocenters.